The standard InChI is InChI=1S/C20H22N4O4S/c1-3-24(4-2)29(25,26)15-6-7-16-17(10-15)21-12-20(23-16)22-11-14-5-8-18-19(9-14)28-13-27-18/h5-10,12H,3-4,11,13H2,1-2H3,(H,22,23). The molecular formula is C20H22N4O4S. The second-order valence-electron chi connectivity index (χ2n) is 6.54. The lowest BCUT2D eigenvalue weighted by Gasteiger charge is -2.18. The third-order valence-corrected chi connectivity index (χ3v) is 6.81. The first-order chi connectivity index (χ1) is 14.0. The number of hydrogen-bond acceptors (Lipinski definition) is 7. The summed E-state index contributed by atoms with van der Waals surface area (Å²) >= 11 is 0. The number of rotatable bonds is 7. The Labute approximate surface area is 169 Å². The molecule has 2 heterocycles. The molecule has 3 aromatic rings. The fraction of sp³-hybridized carbons (Fsp3) is 0.300. The van der Waals surface area contributed by atoms with E-state index in [1.807, 2.05) is 32.0 Å². The molecule has 1 aliphatic rings. The summed E-state index contributed by atoms with van der Waals surface area (Å²) in [5, 5.41) is 3.23. The molecule has 0 aliphatic carbocycles. The predicted molar refractivity (Wildman–Crippen MR) is 110 cm³/mol. The van der Waals surface area contributed by atoms with Gasteiger partial charge in [0.1, 0.15) is 5.82 Å². The summed E-state index contributed by atoms with van der Waals surface area (Å²) in [6.07, 6.45) is 1.60. The van der Waals surface area contributed by atoms with Crippen molar-refractivity contribution in [2.24, 2.45) is 0 Å². The van der Waals surface area contributed by atoms with Gasteiger partial charge in [0.15, 0.2) is 11.5 Å². The van der Waals surface area contributed by atoms with Gasteiger partial charge in [0.05, 0.1) is 22.1 Å². The largest absolute Gasteiger partial charge is 0.454 e. The van der Waals surface area contributed by atoms with Gasteiger partial charge in [0.25, 0.3) is 0 Å². The fourth-order valence-electron chi connectivity index (χ4n) is 3.19. The van der Waals surface area contributed by atoms with E-state index >= 15 is 0 Å². The molecule has 1 aliphatic heterocycles. The quantitative estimate of drug-likeness (QED) is 0.635. The van der Waals surface area contributed by atoms with E-state index in [1.54, 1.807) is 24.4 Å². The van der Waals surface area contributed by atoms with Crippen molar-refractivity contribution in [3.8, 4) is 11.5 Å². The van der Waals surface area contributed by atoms with E-state index in [1.165, 1.54) is 4.31 Å². The summed E-state index contributed by atoms with van der Waals surface area (Å²) in [4.78, 5) is 9.14. The first-order valence-corrected chi connectivity index (χ1v) is 10.8. The van der Waals surface area contributed by atoms with Crippen LogP contribution in [0.15, 0.2) is 47.5 Å². The van der Waals surface area contributed by atoms with Crippen molar-refractivity contribution in [3.05, 3.63) is 48.2 Å². The van der Waals surface area contributed by atoms with Crippen LogP contribution in [0.2, 0.25) is 0 Å². The highest BCUT2D eigenvalue weighted by Gasteiger charge is 2.22. The minimum absolute atomic E-state index is 0.226. The number of hydrogen-bond donors (Lipinski definition) is 1. The molecule has 0 bridgehead atoms. The SMILES string of the molecule is CCN(CC)S(=O)(=O)c1ccc2nc(NCc3ccc4c(c3)OCO4)cnc2c1. The van der Waals surface area contributed by atoms with Crippen molar-refractivity contribution < 1.29 is 17.9 Å². The predicted octanol–water partition coefficient (Wildman–Crippen LogP) is 3.00. The van der Waals surface area contributed by atoms with E-state index in [2.05, 4.69) is 15.3 Å². The minimum atomic E-state index is -3.53. The Hall–Kier alpha value is -2.91. The third-order valence-electron chi connectivity index (χ3n) is 4.77. The van der Waals surface area contributed by atoms with E-state index in [-0.39, 0.29) is 11.7 Å². The van der Waals surface area contributed by atoms with Crippen LogP contribution >= 0.6 is 0 Å². The Morgan fingerprint density at radius 3 is 2.62 bits per heavy atom. The Morgan fingerprint density at radius 1 is 1.03 bits per heavy atom. The Kier molecular flexibility index (Phi) is 5.25. The van der Waals surface area contributed by atoms with Gasteiger partial charge < -0.3 is 14.8 Å². The van der Waals surface area contributed by atoms with Gasteiger partial charge in [-0.1, -0.05) is 19.9 Å². The van der Waals surface area contributed by atoms with Gasteiger partial charge >= 0.3 is 0 Å². The molecule has 0 saturated heterocycles. The molecule has 9 heteroatoms. The molecule has 1 aromatic heterocycles. The first kappa shape index (κ1) is 19.4. The second kappa shape index (κ2) is 7.84. The van der Waals surface area contributed by atoms with Crippen LogP contribution in [0.4, 0.5) is 5.82 Å². The molecule has 29 heavy (non-hydrogen) atoms. The van der Waals surface area contributed by atoms with Crippen LogP contribution in [0.5, 0.6) is 11.5 Å². The molecule has 0 unspecified atom stereocenters. The van der Waals surface area contributed by atoms with Gasteiger partial charge in [0.2, 0.25) is 16.8 Å². The number of benzene rings is 2. The lowest BCUT2D eigenvalue weighted by Crippen LogP contribution is -2.30. The highest BCUT2D eigenvalue weighted by Crippen LogP contribution is 2.32. The lowest BCUT2D eigenvalue weighted by molar-refractivity contribution is 0.174. The van der Waals surface area contributed by atoms with E-state index in [0.29, 0.717) is 36.5 Å². The molecule has 0 amide bonds. The van der Waals surface area contributed by atoms with Crippen LogP contribution in [0.25, 0.3) is 11.0 Å². The van der Waals surface area contributed by atoms with Crippen molar-refractivity contribution in [1.29, 1.82) is 0 Å². The summed E-state index contributed by atoms with van der Waals surface area (Å²) in [6.45, 7) is 5.27. The highest BCUT2D eigenvalue weighted by molar-refractivity contribution is 7.89. The average Bonchev–Trinajstić information content (AvgIpc) is 3.20. The van der Waals surface area contributed by atoms with Gasteiger partial charge in [-0.3, -0.25) is 4.98 Å². The normalized spacial score (nSPS) is 13.2. The summed E-state index contributed by atoms with van der Waals surface area (Å²) in [7, 11) is -3.53. The fourth-order valence-corrected chi connectivity index (χ4v) is 4.67. The van der Waals surface area contributed by atoms with Gasteiger partial charge in [-0.25, -0.2) is 13.4 Å². The van der Waals surface area contributed by atoms with E-state index < -0.39 is 10.0 Å². The summed E-state index contributed by atoms with van der Waals surface area (Å²) in [5.74, 6) is 2.08. The minimum Gasteiger partial charge on any atom is -0.454 e. The zero-order valence-corrected chi connectivity index (χ0v) is 17.1. The van der Waals surface area contributed by atoms with Gasteiger partial charge in [-0.15, -0.1) is 0 Å². The number of aromatic nitrogens is 2. The smallest absolute Gasteiger partial charge is 0.243 e. The van der Waals surface area contributed by atoms with Crippen LogP contribution in [-0.4, -0.2) is 42.6 Å². The van der Waals surface area contributed by atoms with Crippen molar-refractivity contribution in [2.75, 3.05) is 25.2 Å². The number of fused-ring (bicyclic) bond motifs is 2. The van der Waals surface area contributed by atoms with Gasteiger partial charge in [0, 0.05) is 19.6 Å². The summed E-state index contributed by atoms with van der Waals surface area (Å²) in [6, 6.07) is 10.6. The van der Waals surface area contributed by atoms with E-state index in [4.69, 9.17) is 9.47 Å². The average molecular weight is 414 g/mol. The van der Waals surface area contributed by atoms with Gasteiger partial charge in [-0.05, 0) is 35.9 Å². The third kappa shape index (κ3) is 3.83. The maximum absolute atomic E-state index is 12.7. The number of anilines is 1. The van der Waals surface area contributed by atoms with Crippen molar-refractivity contribution in [2.45, 2.75) is 25.3 Å². The second-order valence-corrected chi connectivity index (χ2v) is 8.47. The monoisotopic (exact) mass is 414 g/mol. The first-order valence-electron chi connectivity index (χ1n) is 9.40. The van der Waals surface area contributed by atoms with Crippen molar-refractivity contribution in [1.82, 2.24) is 14.3 Å². The zero-order valence-electron chi connectivity index (χ0n) is 16.3. The van der Waals surface area contributed by atoms with E-state index in [0.717, 1.165) is 17.1 Å². The lowest BCUT2D eigenvalue weighted by atomic mass is 10.2. The number of ether oxygens (including phenoxy) is 2. The molecule has 0 radical (unpaired) electrons. The van der Waals surface area contributed by atoms with Crippen molar-refractivity contribution in [3.63, 3.8) is 0 Å². The molecule has 152 valence electrons. The van der Waals surface area contributed by atoms with E-state index in [9.17, 15) is 8.42 Å². The Bertz CT molecular complexity index is 1150. The maximum Gasteiger partial charge on any atom is 0.243 e. The number of sulfonamides is 1. The van der Waals surface area contributed by atoms with Crippen molar-refractivity contribution >= 4 is 26.9 Å². The summed E-state index contributed by atoms with van der Waals surface area (Å²) < 4.78 is 37.5. The molecule has 0 spiro atoms. The zero-order chi connectivity index (χ0) is 20.4. The van der Waals surface area contributed by atoms with Crippen LogP contribution < -0.4 is 14.8 Å². The molecule has 4 rings (SSSR count). The summed E-state index contributed by atoms with van der Waals surface area (Å²) in [5.41, 5.74) is 2.18. The molecular weight excluding hydrogens is 392 g/mol. The highest BCUT2D eigenvalue weighted by atomic mass is 32.2. The number of nitrogens with zero attached hydrogens (tertiary/aromatic N) is 3. The molecule has 0 fully saturated rings. The number of nitrogens with one attached hydrogen (secondary N) is 1. The topological polar surface area (TPSA) is 93.7 Å². The Balaban J connectivity index is 1.53. The molecule has 0 atom stereocenters. The van der Waals surface area contributed by atoms with Crippen LogP contribution in [0.3, 0.4) is 0 Å². The molecule has 1 N–H and O–H groups in total. The molecule has 8 nitrogen and oxygen atoms in total. The van der Waals surface area contributed by atoms with Crippen LogP contribution in [0, 0.1) is 0 Å². The maximum atomic E-state index is 12.7. The van der Waals surface area contributed by atoms with Gasteiger partial charge in [-0.2, -0.15) is 4.31 Å². The molecule has 0 saturated carbocycles. The Morgan fingerprint density at radius 2 is 1.83 bits per heavy atom. The molecule has 2 aromatic carbocycles. The van der Waals surface area contributed by atoms with Crippen LogP contribution in [-0.2, 0) is 16.6 Å². The van der Waals surface area contributed by atoms with Crippen LogP contribution in [0.1, 0.15) is 19.4 Å².